The fourth-order valence-corrected chi connectivity index (χ4v) is 2.28. The van der Waals surface area contributed by atoms with Crippen molar-refractivity contribution in [2.75, 3.05) is 13.2 Å². The van der Waals surface area contributed by atoms with Crippen LogP contribution in [-0.4, -0.2) is 53.9 Å². The summed E-state index contributed by atoms with van der Waals surface area (Å²) in [5.74, 6) is -3.80. The van der Waals surface area contributed by atoms with Crippen molar-refractivity contribution in [2.45, 2.75) is 24.9 Å². The van der Waals surface area contributed by atoms with Crippen molar-refractivity contribution in [1.82, 2.24) is 16.1 Å². The third-order valence-electron chi connectivity index (χ3n) is 3.63. The highest BCUT2D eigenvalue weighted by Gasteiger charge is 2.28. The number of amides is 2. The minimum absolute atomic E-state index is 0.202. The summed E-state index contributed by atoms with van der Waals surface area (Å²) >= 11 is 0. The van der Waals surface area contributed by atoms with Gasteiger partial charge in [-0.3, -0.25) is 14.4 Å². The smallest absolute Gasteiger partial charge is 0.374 e. The van der Waals surface area contributed by atoms with Gasteiger partial charge in [0.05, 0.1) is 13.2 Å². The summed E-state index contributed by atoms with van der Waals surface area (Å²) in [6.07, 6.45) is 0.677. The van der Waals surface area contributed by atoms with Gasteiger partial charge in [0.2, 0.25) is 11.8 Å². The molecule has 1 unspecified atom stereocenters. The zero-order valence-corrected chi connectivity index (χ0v) is 13.4. The number of nitrogens with one attached hydrogen (secondary N) is 3. The number of carbonyl (C=O) groups excluding carboxylic acids is 3. The molecule has 9 nitrogen and oxygen atoms in total. The van der Waals surface area contributed by atoms with Crippen LogP contribution in [0.1, 0.15) is 12.0 Å². The summed E-state index contributed by atoms with van der Waals surface area (Å²) in [5.41, 5.74) is 3.36. The number of aliphatic carboxylic acids is 1. The normalized spacial score (nSPS) is 17.5. The van der Waals surface area contributed by atoms with E-state index in [0.29, 0.717) is 13.0 Å². The van der Waals surface area contributed by atoms with Crippen molar-refractivity contribution in [3.63, 3.8) is 0 Å². The van der Waals surface area contributed by atoms with Gasteiger partial charge in [-0.25, -0.2) is 4.79 Å². The van der Waals surface area contributed by atoms with E-state index in [1.54, 1.807) is 24.3 Å². The van der Waals surface area contributed by atoms with E-state index in [1.165, 1.54) is 0 Å². The van der Waals surface area contributed by atoms with E-state index in [0.717, 1.165) is 5.56 Å². The van der Waals surface area contributed by atoms with Gasteiger partial charge in [0, 0.05) is 6.42 Å². The maximum absolute atomic E-state index is 12.3. The highest BCUT2D eigenvalue weighted by atomic mass is 16.7. The van der Waals surface area contributed by atoms with Gasteiger partial charge in [0.25, 0.3) is 5.78 Å². The van der Waals surface area contributed by atoms with E-state index in [-0.39, 0.29) is 6.42 Å². The molecule has 0 aliphatic carbocycles. The Kier molecular flexibility index (Phi) is 6.61. The molecule has 1 aliphatic rings. The SMILES string of the molecule is O=C(O)C(=O)CNC(=O)[C@H](Cc1ccccc1)NC(=O)C1CCON1. The highest BCUT2D eigenvalue weighted by molar-refractivity contribution is 6.33. The minimum atomic E-state index is -1.63. The number of hydrogen-bond acceptors (Lipinski definition) is 6. The number of ketones is 1. The van der Waals surface area contributed by atoms with Crippen molar-refractivity contribution in [3.8, 4) is 0 Å². The summed E-state index contributed by atoms with van der Waals surface area (Å²) in [6, 6.07) is 7.50. The van der Waals surface area contributed by atoms with Crippen LogP contribution in [0.4, 0.5) is 0 Å². The van der Waals surface area contributed by atoms with E-state index >= 15 is 0 Å². The quantitative estimate of drug-likeness (QED) is 0.432. The number of carboxylic acids is 1. The number of hydrogen-bond donors (Lipinski definition) is 4. The lowest BCUT2D eigenvalue weighted by Crippen LogP contribution is -2.53. The predicted octanol–water partition coefficient (Wildman–Crippen LogP) is -1.22. The first-order valence-electron chi connectivity index (χ1n) is 7.73. The molecule has 1 aromatic rings. The van der Waals surface area contributed by atoms with Crippen molar-refractivity contribution in [1.29, 1.82) is 0 Å². The summed E-state index contributed by atoms with van der Waals surface area (Å²) < 4.78 is 0. The molecule has 0 radical (unpaired) electrons. The number of Topliss-reactive ketones (excluding diaryl/α,β-unsaturated/α-hetero) is 1. The molecule has 1 heterocycles. The molecule has 25 heavy (non-hydrogen) atoms. The summed E-state index contributed by atoms with van der Waals surface area (Å²) in [4.78, 5) is 51.1. The predicted molar refractivity (Wildman–Crippen MR) is 85.2 cm³/mol. The lowest BCUT2D eigenvalue weighted by atomic mass is 10.0. The number of carbonyl (C=O) groups is 4. The molecule has 2 rings (SSSR count). The van der Waals surface area contributed by atoms with E-state index in [1.807, 2.05) is 6.07 Å². The van der Waals surface area contributed by atoms with E-state index in [4.69, 9.17) is 9.94 Å². The number of benzene rings is 1. The van der Waals surface area contributed by atoms with Crippen LogP contribution in [0.3, 0.4) is 0 Å². The molecule has 0 spiro atoms. The van der Waals surface area contributed by atoms with Gasteiger partial charge in [-0.1, -0.05) is 30.3 Å². The van der Waals surface area contributed by atoms with Gasteiger partial charge in [-0.2, -0.15) is 5.48 Å². The maximum Gasteiger partial charge on any atom is 0.374 e. The van der Waals surface area contributed by atoms with Crippen LogP contribution in [0.5, 0.6) is 0 Å². The second kappa shape index (κ2) is 8.90. The standard InChI is InChI=1S/C16H19N3O6/c20-13(16(23)24)9-17-14(21)12(8-10-4-2-1-3-5-10)18-15(22)11-6-7-25-19-11/h1-5,11-12,19H,6-9H2,(H,17,21)(H,18,22)(H,23,24)/t11?,12-/m0/s1. The molecule has 0 aromatic heterocycles. The number of hydroxylamine groups is 1. The van der Waals surface area contributed by atoms with Gasteiger partial charge < -0.3 is 20.6 Å². The average molecular weight is 349 g/mol. The van der Waals surface area contributed by atoms with Crippen LogP contribution in [0.2, 0.25) is 0 Å². The van der Waals surface area contributed by atoms with Gasteiger partial charge in [-0.15, -0.1) is 0 Å². The molecule has 2 amide bonds. The molecule has 134 valence electrons. The third-order valence-corrected chi connectivity index (χ3v) is 3.63. The molecule has 9 heteroatoms. The Balaban J connectivity index is 2.02. The molecule has 1 aliphatic heterocycles. The lowest BCUT2D eigenvalue weighted by molar-refractivity contribution is -0.148. The summed E-state index contributed by atoms with van der Waals surface area (Å²) in [6.45, 7) is -0.249. The van der Waals surface area contributed by atoms with E-state index in [9.17, 15) is 19.2 Å². The second-order valence-electron chi connectivity index (χ2n) is 5.50. The van der Waals surface area contributed by atoms with Crippen LogP contribution < -0.4 is 16.1 Å². The number of rotatable bonds is 8. The van der Waals surface area contributed by atoms with Gasteiger partial charge in [0.1, 0.15) is 12.1 Å². The molecule has 1 fully saturated rings. The van der Waals surface area contributed by atoms with Gasteiger partial charge in [-0.05, 0) is 12.0 Å². The Morgan fingerprint density at radius 3 is 2.56 bits per heavy atom. The van der Waals surface area contributed by atoms with E-state index in [2.05, 4.69) is 16.1 Å². The van der Waals surface area contributed by atoms with Crippen LogP contribution in [0.25, 0.3) is 0 Å². The summed E-state index contributed by atoms with van der Waals surface area (Å²) in [7, 11) is 0. The highest BCUT2D eigenvalue weighted by Crippen LogP contribution is 2.06. The summed E-state index contributed by atoms with van der Waals surface area (Å²) in [5, 5.41) is 13.4. The molecule has 1 aromatic carbocycles. The first-order valence-corrected chi connectivity index (χ1v) is 7.73. The number of carboxylic acid groups (broad SMARTS) is 1. The second-order valence-corrected chi connectivity index (χ2v) is 5.50. The monoisotopic (exact) mass is 349 g/mol. The maximum atomic E-state index is 12.3. The Bertz CT molecular complexity index is 643. The van der Waals surface area contributed by atoms with Crippen LogP contribution >= 0.6 is 0 Å². The Morgan fingerprint density at radius 1 is 1.24 bits per heavy atom. The average Bonchev–Trinajstić information content (AvgIpc) is 3.14. The molecule has 0 saturated carbocycles. The first-order chi connectivity index (χ1) is 12.0. The van der Waals surface area contributed by atoms with Crippen molar-refractivity contribution in [2.24, 2.45) is 0 Å². The molecule has 2 atom stereocenters. The van der Waals surface area contributed by atoms with Crippen molar-refractivity contribution in [3.05, 3.63) is 35.9 Å². The fourth-order valence-electron chi connectivity index (χ4n) is 2.28. The van der Waals surface area contributed by atoms with E-state index < -0.39 is 42.2 Å². The zero-order valence-electron chi connectivity index (χ0n) is 13.4. The molecule has 0 bridgehead atoms. The van der Waals surface area contributed by atoms with Crippen LogP contribution in [0.15, 0.2) is 30.3 Å². The topological polar surface area (TPSA) is 134 Å². The molecule has 1 saturated heterocycles. The van der Waals surface area contributed by atoms with Crippen LogP contribution in [0, 0.1) is 0 Å². The molecule has 4 N–H and O–H groups in total. The largest absolute Gasteiger partial charge is 0.475 e. The Hall–Kier alpha value is -2.78. The Morgan fingerprint density at radius 2 is 1.96 bits per heavy atom. The molecular formula is C16H19N3O6. The zero-order chi connectivity index (χ0) is 18.2. The minimum Gasteiger partial charge on any atom is -0.475 e. The van der Waals surface area contributed by atoms with Crippen molar-refractivity contribution < 1.29 is 29.1 Å². The lowest BCUT2D eigenvalue weighted by Gasteiger charge is -2.20. The Labute approximate surface area is 143 Å². The third kappa shape index (κ3) is 5.66. The molecular weight excluding hydrogens is 330 g/mol. The fraction of sp³-hybridized carbons (Fsp3) is 0.375. The van der Waals surface area contributed by atoms with Gasteiger partial charge >= 0.3 is 5.97 Å². The first kappa shape index (κ1) is 18.6. The van der Waals surface area contributed by atoms with Crippen molar-refractivity contribution >= 4 is 23.6 Å². The van der Waals surface area contributed by atoms with Crippen LogP contribution in [-0.2, 0) is 30.4 Å². The van der Waals surface area contributed by atoms with Gasteiger partial charge in [0.15, 0.2) is 0 Å².